The molecule has 0 spiro atoms. The Kier molecular flexibility index (Phi) is 5.92. The summed E-state index contributed by atoms with van der Waals surface area (Å²) in [4.78, 5) is 12.6. The topological polar surface area (TPSA) is 38.3 Å². The monoisotopic (exact) mass is 359 g/mol. The van der Waals surface area contributed by atoms with Gasteiger partial charge in [-0.1, -0.05) is 54.6 Å². The minimum absolute atomic E-state index is 0.0642. The number of nitrogens with one attached hydrogen (secondary N) is 1. The van der Waals surface area contributed by atoms with Gasteiger partial charge in [-0.15, -0.1) is 0 Å². The van der Waals surface area contributed by atoms with Gasteiger partial charge < -0.3 is 10.1 Å². The molecule has 0 aliphatic rings. The average molecular weight is 359 g/mol. The lowest BCUT2D eigenvalue weighted by molar-refractivity contribution is 0.0939. The molecule has 1 unspecified atom stereocenters. The van der Waals surface area contributed by atoms with Crippen molar-refractivity contribution in [1.82, 2.24) is 5.32 Å². The predicted octanol–water partition coefficient (Wildman–Crippen LogP) is 5.37. The molecule has 0 heterocycles. The molecular formula is C24H25NO2. The van der Waals surface area contributed by atoms with Gasteiger partial charge in [-0.25, -0.2) is 0 Å². The molecule has 3 aromatic carbocycles. The Labute approximate surface area is 161 Å². The molecule has 0 bridgehead atoms. The van der Waals surface area contributed by atoms with Crippen molar-refractivity contribution in [2.24, 2.45) is 0 Å². The van der Waals surface area contributed by atoms with Crippen LogP contribution in [-0.2, 0) is 6.61 Å². The number of benzene rings is 3. The standard InChI is InChI=1S/C24H25NO2/c1-17-12-13-21(14-18(17)2)19(3)25-24(26)22-10-7-11-23(15-22)27-16-20-8-5-4-6-9-20/h4-15,19H,16H2,1-3H3,(H,25,26). The number of carbonyl (C=O) groups is 1. The molecule has 3 rings (SSSR count). The van der Waals surface area contributed by atoms with Crippen molar-refractivity contribution in [3.8, 4) is 5.75 Å². The molecular weight excluding hydrogens is 334 g/mol. The van der Waals surface area contributed by atoms with Crippen molar-refractivity contribution in [3.05, 3.63) is 101 Å². The highest BCUT2D eigenvalue weighted by molar-refractivity contribution is 5.94. The predicted molar refractivity (Wildman–Crippen MR) is 109 cm³/mol. The summed E-state index contributed by atoms with van der Waals surface area (Å²) >= 11 is 0. The molecule has 3 nitrogen and oxygen atoms in total. The van der Waals surface area contributed by atoms with Crippen LogP contribution in [0.2, 0.25) is 0 Å². The van der Waals surface area contributed by atoms with Gasteiger partial charge in [0.1, 0.15) is 12.4 Å². The third-order valence-electron chi connectivity index (χ3n) is 4.72. The van der Waals surface area contributed by atoms with Crippen LogP contribution in [0.25, 0.3) is 0 Å². The van der Waals surface area contributed by atoms with Crippen molar-refractivity contribution >= 4 is 5.91 Å². The lowest BCUT2D eigenvalue weighted by Gasteiger charge is -2.16. The summed E-state index contributed by atoms with van der Waals surface area (Å²) < 4.78 is 5.82. The number of carbonyl (C=O) groups excluding carboxylic acids is 1. The van der Waals surface area contributed by atoms with E-state index in [1.807, 2.05) is 49.4 Å². The Hall–Kier alpha value is -3.07. The fraction of sp³-hybridized carbons (Fsp3) is 0.208. The highest BCUT2D eigenvalue weighted by atomic mass is 16.5. The third kappa shape index (κ3) is 4.98. The fourth-order valence-corrected chi connectivity index (χ4v) is 2.87. The molecule has 3 heteroatoms. The Balaban J connectivity index is 1.65. The second-order valence-electron chi connectivity index (χ2n) is 6.84. The van der Waals surface area contributed by atoms with Gasteiger partial charge in [0.2, 0.25) is 0 Å². The molecule has 0 radical (unpaired) electrons. The first-order valence-electron chi connectivity index (χ1n) is 9.18. The van der Waals surface area contributed by atoms with Crippen LogP contribution < -0.4 is 10.1 Å². The summed E-state index contributed by atoms with van der Waals surface area (Å²) in [5, 5.41) is 3.07. The van der Waals surface area contributed by atoms with E-state index in [4.69, 9.17) is 4.74 Å². The maximum absolute atomic E-state index is 12.6. The Bertz CT molecular complexity index is 919. The minimum atomic E-state index is -0.106. The normalized spacial score (nSPS) is 11.7. The van der Waals surface area contributed by atoms with Crippen LogP contribution in [0, 0.1) is 13.8 Å². The quantitative estimate of drug-likeness (QED) is 0.642. The largest absolute Gasteiger partial charge is 0.489 e. The summed E-state index contributed by atoms with van der Waals surface area (Å²) in [5.41, 5.74) is 5.26. The lowest BCUT2D eigenvalue weighted by Crippen LogP contribution is -2.26. The van der Waals surface area contributed by atoms with Crippen LogP contribution in [0.3, 0.4) is 0 Å². The molecule has 0 saturated carbocycles. The molecule has 27 heavy (non-hydrogen) atoms. The van der Waals surface area contributed by atoms with Gasteiger partial charge in [-0.05, 0) is 61.2 Å². The number of hydrogen-bond acceptors (Lipinski definition) is 2. The maximum atomic E-state index is 12.6. The van der Waals surface area contributed by atoms with E-state index < -0.39 is 0 Å². The smallest absolute Gasteiger partial charge is 0.251 e. The highest BCUT2D eigenvalue weighted by Crippen LogP contribution is 2.19. The molecule has 138 valence electrons. The molecule has 0 aromatic heterocycles. The Morgan fingerprint density at radius 1 is 0.926 bits per heavy atom. The van der Waals surface area contributed by atoms with Crippen molar-refractivity contribution in [1.29, 1.82) is 0 Å². The second-order valence-corrected chi connectivity index (χ2v) is 6.84. The van der Waals surface area contributed by atoms with Gasteiger partial charge in [0.05, 0.1) is 6.04 Å². The van der Waals surface area contributed by atoms with E-state index in [0.717, 1.165) is 11.1 Å². The minimum Gasteiger partial charge on any atom is -0.489 e. The molecule has 1 atom stereocenters. The number of aryl methyl sites for hydroxylation is 2. The van der Waals surface area contributed by atoms with Crippen LogP contribution in [0.15, 0.2) is 72.8 Å². The van der Waals surface area contributed by atoms with E-state index in [1.54, 1.807) is 12.1 Å². The summed E-state index contributed by atoms with van der Waals surface area (Å²) in [5.74, 6) is 0.580. The van der Waals surface area contributed by atoms with Crippen molar-refractivity contribution < 1.29 is 9.53 Å². The van der Waals surface area contributed by atoms with Gasteiger partial charge in [0.25, 0.3) is 5.91 Å². The second kappa shape index (κ2) is 8.54. The zero-order chi connectivity index (χ0) is 19.2. The Morgan fingerprint density at radius 2 is 1.70 bits per heavy atom. The van der Waals surface area contributed by atoms with E-state index >= 15 is 0 Å². The molecule has 0 aliphatic carbocycles. The zero-order valence-electron chi connectivity index (χ0n) is 16.0. The van der Waals surface area contributed by atoms with Crippen LogP contribution in [0.4, 0.5) is 0 Å². The van der Waals surface area contributed by atoms with Crippen LogP contribution in [0.5, 0.6) is 5.75 Å². The van der Waals surface area contributed by atoms with Gasteiger partial charge in [0, 0.05) is 5.56 Å². The van der Waals surface area contributed by atoms with Crippen molar-refractivity contribution in [3.63, 3.8) is 0 Å². The van der Waals surface area contributed by atoms with Crippen LogP contribution >= 0.6 is 0 Å². The van der Waals surface area contributed by atoms with Gasteiger partial charge in [-0.2, -0.15) is 0 Å². The summed E-state index contributed by atoms with van der Waals surface area (Å²) in [7, 11) is 0. The number of hydrogen-bond donors (Lipinski definition) is 1. The maximum Gasteiger partial charge on any atom is 0.251 e. The summed E-state index contributed by atoms with van der Waals surface area (Å²) in [6.07, 6.45) is 0. The molecule has 1 amide bonds. The highest BCUT2D eigenvalue weighted by Gasteiger charge is 2.13. The fourth-order valence-electron chi connectivity index (χ4n) is 2.87. The molecule has 1 N–H and O–H groups in total. The first-order valence-corrected chi connectivity index (χ1v) is 9.18. The number of amides is 1. The van der Waals surface area contributed by atoms with E-state index in [-0.39, 0.29) is 11.9 Å². The zero-order valence-corrected chi connectivity index (χ0v) is 16.0. The average Bonchev–Trinajstić information content (AvgIpc) is 2.69. The van der Waals surface area contributed by atoms with Gasteiger partial charge in [-0.3, -0.25) is 4.79 Å². The number of ether oxygens (including phenoxy) is 1. The van der Waals surface area contributed by atoms with E-state index in [2.05, 4.69) is 37.4 Å². The summed E-state index contributed by atoms with van der Waals surface area (Å²) in [6.45, 7) is 6.65. The van der Waals surface area contributed by atoms with Crippen LogP contribution in [-0.4, -0.2) is 5.91 Å². The van der Waals surface area contributed by atoms with E-state index in [0.29, 0.717) is 17.9 Å². The molecule has 0 aliphatic heterocycles. The van der Waals surface area contributed by atoms with Gasteiger partial charge >= 0.3 is 0 Å². The molecule has 0 saturated heterocycles. The third-order valence-corrected chi connectivity index (χ3v) is 4.72. The molecule has 3 aromatic rings. The van der Waals surface area contributed by atoms with Crippen LogP contribution in [0.1, 0.15) is 45.6 Å². The lowest BCUT2D eigenvalue weighted by atomic mass is 10.0. The van der Waals surface area contributed by atoms with E-state index in [1.165, 1.54) is 11.1 Å². The number of rotatable bonds is 6. The van der Waals surface area contributed by atoms with Gasteiger partial charge in [0.15, 0.2) is 0 Å². The first-order chi connectivity index (χ1) is 13.0. The summed E-state index contributed by atoms with van der Waals surface area (Å²) in [6, 6.07) is 23.5. The SMILES string of the molecule is Cc1ccc(C(C)NC(=O)c2cccc(OCc3ccccc3)c2)cc1C. The van der Waals surface area contributed by atoms with E-state index in [9.17, 15) is 4.79 Å². The van der Waals surface area contributed by atoms with Crippen molar-refractivity contribution in [2.75, 3.05) is 0 Å². The van der Waals surface area contributed by atoms with Crippen molar-refractivity contribution in [2.45, 2.75) is 33.4 Å². The first kappa shape index (κ1) is 18.7. The Morgan fingerprint density at radius 3 is 2.44 bits per heavy atom. The molecule has 0 fully saturated rings.